The van der Waals surface area contributed by atoms with Crippen LogP contribution in [0.25, 0.3) is 10.8 Å². The Kier molecular flexibility index (Phi) is 9.71. The van der Waals surface area contributed by atoms with Crippen LogP contribution in [-0.2, 0) is 24.6 Å². The zero-order valence-electron chi connectivity index (χ0n) is 34.2. The quantitative estimate of drug-likeness (QED) is 0.0884. The van der Waals surface area contributed by atoms with E-state index in [1.54, 1.807) is 60.7 Å². The van der Waals surface area contributed by atoms with E-state index in [0.717, 1.165) is 16.1 Å². The van der Waals surface area contributed by atoms with Crippen LogP contribution in [0, 0.1) is 29.5 Å². The van der Waals surface area contributed by atoms with Crippen LogP contribution in [-0.4, -0.2) is 47.8 Å². The highest BCUT2D eigenvalue weighted by atomic mass is 35.5. The number of hydrogen-bond donors (Lipinski definition) is 2. The highest BCUT2D eigenvalue weighted by molar-refractivity contribution is 6.30. The molecule has 2 heterocycles. The summed E-state index contributed by atoms with van der Waals surface area (Å²) in [5, 5.41) is 23.6. The number of benzene rings is 6. The fourth-order valence-electron chi connectivity index (χ4n) is 10.4. The number of phenolic OH excluding ortho intramolecular Hbond substituents is 1. The number of allylic oxidation sites excluding steroid dienone is 2. The van der Waals surface area contributed by atoms with Crippen LogP contribution >= 0.6 is 11.6 Å². The molecule has 6 aromatic rings. The Labute approximate surface area is 367 Å². The van der Waals surface area contributed by atoms with Gasteiger partial charge in [-0.2, -0.15) is 15.2 Å². The number of carbonyl (C=O) groups excluding carboxylic acids is 4. The van der Waals surface area contributed by atoms with Crippen molar-refractivity contribution < 1.29 is 28.7 Å². The van der Waals surface area contributed by atoms with E-state index in [1.165, 1.54) is 29.2 Å². The molecule has 1 saturated carbocycles. The smallest absolute Gasteiger partial charge is 0.260 e. The minimum absolute atomic E-state index is 0.0472. The number of aromatic hydroxyl groups is 1. The lowest BCUT2D eigenvalue weighted by molar-refractivity contribution is -0.138. The van der Waals surface area contributed by atoms with Crippen molar-refractivity contribution in [1.29, 1.82) is 0 Å². The van der Waals surface area contributed by atoms with Gasteiger partial charge < -0.3 is 10.0 Å². The number of azo groups is 1. The molecule has 0 aromatic heterocycles. The van der Waals surface area contributed by atoms with Crippen LogP contribution in [0.5, 0.6) is 5.75 Å². The summed E-state index contributed by atoms with van der Waals surface area (Å²) in [7, 11) is 3.91. The summed E-state index contributed by atoms with van der Waals surface area (Å²) in [4.78, 5) is 63.2. The number of nitrogens with zero attached hydrogens (tertiary/aromatic N) is 5. The van der Waals surface area contributed by atoms with E-state index in [0.29, 0.717) is 49.9 Å². The van der Waals surface area contributed by atoms with Crippen molar-refractivity contribution >= 4 is 74.4 Å². The second-order valence-corrected chi connectivity index (χ2v) is 17.2. The number of hydrogen-bond acceptors (Lipinski definition) is 9. The highest BCUT2D eigenvalue weighted by Gasteiger charge is 2.71. The zero-order valence-corrected chi connectivity index (χ0v) is 34.9. The lowest BCUT2D eigenvalue weighted by Crippen LogP contribution is -2.53. The summed E-state index contributed by atoms with van der Waals surface area (Å²) < 4.78 is 14.0. The molecule has 63 heavy (non-hydrogen) atoms. The van der Waals surface area contributed by atoms with Crippen molar-refractivity contribution in [3.63, 3.8) is 0 Å². The Morgan fingerprint density at radius 2 is 1.43 bits per heavy atom. The van der Waals surface area contributed by atoms with Crippen molar-refractivity contribution in [2.24, 2.45) is 33.9 Å². The molecule has 2 saturated heterocycles. The van der Waals surface area contributed by atoms with Gasteiger partial charge in [0, 0.05) is 36.3 Å². The molecule has 11 nitrogen and oxygen atoms in total. The van der Waals surface area contributed by atoms with Crippen molar-refractivity contribution in [2.45, 2.75) is 24.2 Å². The molecule has 4 amide bonds. The lowest BCUT2D eigenvalue weighted by Gasteiger charge is -2.51. The van der Waals surface area contributed by atoms with Gasteiger partial charge in [-0.15, -0.1) is 0 Å². The third-order valence-corrected chi connectivity index (χ3v) is 13.5. The van der Waals surface area contributed by atoms with Gasteiger partial charge in [0.25, 0.3) is 11.8 Å². The SMILES string of the molecule is CN(C)c1ccc(N=Nc2ccc(N3C(=O)C4CC=C5C(CC6C(=O)N(Nc7ccc(F)cc7)C(=O)C6(c6ccc(Cl)cc6)C5c5c(O)ccc6ccccc56)C4C3=O)cc2)cc1. The van der Waals surface area contributed by atoms with E-state index < -0.39 is 58.5 Å². The van der Waals surface area contributed by atoms with Crippen molar-refractivity contribution in [3.8, 4) is 5.75 Å². The predicted octanol–water partition coefficient (Wildman–Crippen LogP) is 10.0. The van der Waals surface area contributed by atoms with Gasteiger partial charge in [-0.1, -0.05) is 65.7 Å². The van der Waals surface area contributed by atoms with Gasteiger partial charge in [-0.25, -0.2) is 4.39 Å². The molecule has 0 bridgehead atoms. The molecule has 4 aliphatic rings. The van der Waals surface area contributed by atoms with Crippen LogP contribution < -0.4 is 15.2 Å². The number of carbonyl (C=O) groups is 4. The summed E-state index contributed by atoms with van der Waals surface area (Å²) in [5.74, 6) is -6.82. The van der Waals surface area contributed by atoms with Gasteiger partial charge in [-0.05, 0) is 126 Å². The van der Waals surface area contributed by atoms with Gasteiger partial charge >= 0.3 is 0 Å². The molecule has 6 aromatic carbocycles. The van der Waals surface area contributed by atoms with E-state index in [2.05, 4.69) is 15.7 Å². The molecule has 0 spiro atoms. The largest absolute Gasteiger partial charge is 0.508 e. The first kappa shape index (κ1) is 39.9. The van der Waals surface area contributed by atoms with Crippen molar-refractivity contribution in [1.82, 2.24) is 5.01 Å². The number of anilines is 3. The molecule has 3 fully saturated rings. The maximum atomic E-state index is 15.6. The van der Waals surface area contributed by atoms with Gasteiger partial charge in [0.2, 0.25) is 11.8 Å². The predicted molar refractivity (Wildman–Crippen MR) is 239 cm³/mol. The van der Waals surface area contributed by atoms with E-state index in [4.69, 9.17) is 11.6 Å². The lowest BCUT2D eigenvalue weighted by atomic mass is 9.48. The first-order valence-corrected chi connectivity index (χ1v) is 21.1. The standard InChI is InChI=1S/C50H40ClFN6O5/c1-56(2)35-20-16-32(17-21-35)53-54-33-18-22-36(23-19-33)57-46(60)39-25-24-38-40(43(39)48(57)62)27-41-47(61)58(55-34-14-12-31(52)13-15-34)49(63)50(41,29-8-10-30(51)11-9-29)45(38)44-37-6-4-3-5-28(37)7-26-42(44)59/h3-24,26,39-41,43,45,55,59H,25,27H2,1-2H3. The number of fused-ring (bicyclic) bond motifs is 5. The number of hydrazine groups is 1. The average molecular weight is 859 g/mol. The summed E-state index contributed by atoms with van der Waals surface area (Å²) in [6.07, 6.45) is 2.19. The van der Waals surface area contributed by atoms with Crippen LogP contribution in [0.1, 0.15) is 29.9 Å². The second-order valence-electron chi connectivity index (χ2n) is 16.7. The number of phenols is 1. The second kappa shape index (κ2) is 15.3. The first-order valence-electron chi connectivity index (χ1n) is 20.7. The third kappa shape index (κ3) is 6.38. The molecule has 6 atom stereocenters. The van der Waals surface area contributed by atoms with Crippen molar-refractivity contribution in [3.05, 3.63) is 167 Å². The topological polar surface area (TPSA) is 135 Å². The van der Waals surface area contributed by atoms with E-state index >= 15 is 9.59 Å². The van der Waals surface area contributed by atoms with E-state index in [-0.39, 0.29) is 24.5 Å². The maximum absolute atomic E-state index is 15.6. The Balaban J connectivity index is 1.08. The summed E-state index contributed by atoms with van der Waals surface area (Å²) in [5.41, 5.74) is 5.85. The van der Waals surface area contributed by atoms with Crippen molar-refractivity contribution in [2.75, 3.05) is 29.3 Å². The molecule has 6 unspecified atom stereocenters. The molecular formula is C50H40ClFN6O5. The van der Waals surface area contributed by atoms with Gasteiger partial charge in [0.15, 0.2) is 0 Å². The first-order chi connectivity index (χ1) is 30.4. The summed E-state index contributed by atoms with van der Waals surface area (Å²) >= 11 is 6.45. The summed E-state index contributed by atoms with van der Waals surface area (Å²) in [6, 6.07) is 37.4. The normalized spacial score (nSPS) is 24.1. The highest BCUT2D eigenvalue weighted by Crippen LogP contribution is 2.65. The zero-order chi connectivity index (χ0) is 43.7. The molecule has 2 N–H and O–H groups in total. The number of nitrogens with one attached hydrogen (secondary N) is 1. The molecule has 314 valence electrons. The van der Waals surface area contributed by atoms with Crippen LogP contribution in [0.3, 0.4) is 0 Å². The Hall–Kier alpha value is -7.18. The number of rotatable bonds is 8. The fraction of sp³-hybridized carbons (Fsp3) is 0.200. The van der Waals surface area contributed by atoms with E-state index in [9.17, 15) is 19.1 Å². The minimum atomic E-state index is -1.66. The third-order valence-electron chi connectivity index (χ3n) is 13.2. The Morgan fingerprint density at radius 1 is 0.762 bits per heavy atom. The molecule has 2 aliphatic heterocycles. The number of halogens is 2. The van der Waals surface area contributed by atoms with Crippen LogP contribution in [0.15, 0.2) is 155 Å². The fourth-order valence-corrected chi connectivity index (χ4v) is 10.5. The van der Waals surface area contributed by atoms with Crippen LogP contribution in [0.4, 0.5) is 32.8 Å². The molecular weight excluding hydrogens is 819 g/mol. The van der Waals surface area contributed by atoms with Crippen LogP contribution in [0.2, 0.25) is 5.02 Å². The monoisotopic (exact) mass is 858 g/mol. The van der Waals surface area contributed by atoms with Gasteiger partial charge in [-0.3, -0.25) is 29.5 Å². The Morgan fingerprint density at radius 3 is 2.11 bits per heavy atom. The maximum Gasteiger partial charge on any atom is 0.260 e. The number of amides is 4. The number of imide groups is 2. The molecule has 13 heteroatoms. The van der Waals surface area contributed by atoms with Gasteiger partial charge in [0.1, 0.15) is 11.6 Å². The Bertz CT molecular complexity index is 2900. The molecule has 10 rings (SSSR count). The van der Waals surface area contributed by atoms with Gasteiger partial charge in [0.05, 0.1) is 45.9 Å². The summed E-state index contributed by atoms with van der Waals surface area (Å²) in [6.45, 7) is 0. The average Bonchev–Trinajstić information content (AvgIpc) is 3.67. The van der Waals surface area contributed by atoms with E-state index in [1.807, 2.05) is 73.6 Å². The molecule has 2 aliphatic carbocycles. The minimum Gasteiger partial charge on any atom is -0.508 e. The molecule has 0 radical (unpaired) electrons.